The fourth-order valence-electron chi connectivity index (χ4n) is 5.08. The summed E-state index contributed by atoms with van der Waals surface area (Å²) < 4.78 is 0. The van der Waals surface area contributed by atoms with Crippen molar-refractivity contribution in [2.75, 3.05) is 4.90 Å². The third kappa shape index (κ3) is 3.23. The summed E-state index contributed by atoms with van der Waals surface area (Å²) in [5.41, 5.74) is 1.38. The first-order valence-corrected chi connectivity index (χ1v) is 11.2. The van der Waals surface area contributed by atoms with Crippen molar-refractivity contribution < 1.29 is 4.79 Å². The van der Waals surface area contributed by atoms with Gasteiger partial charge in [-0.2, -0.15) is 10.5 Å². The zero-order valence-electron chi connectivity index (χ0n) is 17.3. The highest BCUT2D eigenvalue weighted by Crippen LogP contribution is 2.55. The van der Waals surface area contributed by atoms with Crippen molar-refractivity contribution in [3.8, 4) is 12.1 Å². The molecule has 2 aliphatic rings. The quantitative estimate of drug-likeness (QED) is 0.423. The van der Waals surface area contributed by atoms with Crippen LogP contribution in [0.2, 0.25) is 10.0 Å². The van der Waals surface area contributed by atoms with E-state index in [9.17, 15) is 15.3 Å². The summed E-state index contributed by atoms with van der Waals surface area (Å²) in [5, 5.41) is 21.9. The van der Waals surface area contributed by atoms with Crippen LogP contribution in [-0.2, 0) is 0 Å². The SMILES string of the molecule is N#CC1(C#N)[C@@H]2C=Cc3cc(Cl)ccc3N2[C@@H](C(=O)c2ccc(Cl)cc2)[C@@H]1c1ccccc1. The van der Waals surface area contributed by atoms with Crippen molar-refractivity contribution in [3.05, 3.63) is 106 Å². The summed E-state index contributed by atoms with van der Waals surface area (Å²) >= 11 is 12.3. The van der Waals surface area contributed by atoms with Crippen LogP contribution >= 0.6 is 23.2 Å². The van der Waals surface area contributed by atoms with E-state index in [1.54, 1.807) is 30.3 Å². The number of Topliss-reactive ketones (excluding diaryl/α,β-unsaturated/α-hetero) is 1. The Kier molecular flexibility index (Phi) is 5.22. The molecule has 0 N–H and O–H groups in total. The van der Waals surface area contributed by atoms with Gasteiger partial charge >= 0.3 is 0 Å². The van der Waals surface area contributed by atoms with Crippen LogP contribution in [0.1, 0.15) is 27.4 Å². The molecule has 33 heavy (non-hydrogen) atoms. The Balaban J connectivity index is 1.78. The largest absolute Gasteiger partial charge is 0.351 e. The van der Waals surface area contributed by atoms with Gasteiger partial charge in [-0.05, 0) is 53.6 Å². The first kappa shape index (κ1) is 21.3. The highest BCUT2D eigenvalue weighted by Gasteiger charge is 2.63. The Morgan fingerprint density at radius 1 is 0.909 bits per heavy atom. The van der Waals surface area contributed by atoms with Crippen molar-refractivity contribution in [1.82, 2.24) is 0 Å². The average molecular weight is 470 g/mol. The number of fused-ring (bicyclic) bond motifs is 3. The van der Waals surface area contributed by atoms with Crippen molar-refractivity contribution in [1.29, 1.82) is 10.5 Å². The van der Waals surface area contributed by atoms with Crippen LogP contribution in [-0.4, -0.2) is 17.9 Å². The van der Waals surface area contributed by atoms with Gasteiger partial charge in [0.2, 0.25) is 0 Å². The standard InChI is InChI=1S/C27H17Cl2N3O/c28-20-9-6-18(7-10-20)26(33)25-24(17-4-2-1-3-5-17)27(15-30,16-31)23-13-8-19-14-21(29)11-12-22(19)32(23)25/h1-14,23-25H/t23-,24-,25+/m0/s1. The molecule has 5 rings (SSSR count). The van der Waals surface area contributed by atoms with E-state index in [4.69, 9.17) is 23.2 Å². The maximum Gasteiger partial charge on any atom is 0.185 e. The number of benzene rings is 3. The molecule has 0 spiro atoms. The molecular formula is C27H17Cl2N3O. The first-order valence-electron chi connectivity index (χ1n) is 10.4. The number of nitrogens with zero attached hydrogens (tertiary/aromatic N) is 3. The van der Waals surface area contributed by atoms with Crippen LogP contribution in [0.5, 0.6) is 0 Å². The minimum atomic E-state index is -1.47. The number of nitriles is 2. The molecule has 3 aromatic rings. The monoisotopic (exact) mass is 469 g/mol. The number of carbonyl (C=O) groups is 1. The molecule has 0 aromatic heterocycles. The van der Waals surface area contributed by atoms with Gasteiger partial charge in [-0.3, -0.25) is 4.79 Å². The van der Waals surface area contributed by atoms with Crippen LogP contribution in [0.15, 0.2) is 78.9 Å². The maximum atomic E-state index is 14.0. The summed E-state index contributed by atoms with van der Waals surface area (Å²) in [6.45, 7) is 0. The number of rotatable bonds is 3. The van der Waals surface area contributed by atoms with E-state index in [0.29, 0.717) is 15.6 Å². The number of carbonyl (C=O) groups excluding carboxylic acids is 1. The Hall–Kier alpha value is -3.57. The van der Waals surface area contributed by atoms with E-state index in [0.717, 1.165) is 16.8 Å². The molecule has 0 amide bonds. The molecule has 160 valence electrons. The Labute approximate surface area is 201 Å². The summed E-state index contributed by atoms with van der Waals surface area (Å²) in [6, 6.07) is 24.7. The summed E-state index contributed by atoms with van der Waals surface area (Å²) in [7, 11) is 0. The first-order chi connectivity index (χ1) is 16.0. The molecule has 0 aliphatic carbocycles. The van der Waals surface area contributed by atoms with Gasteiger partial charge in [0, 0.05) is 27.2 Å². The lowest BCUT2D eigenvalue weighted by molar-refractivity contribution is 0.0951. The molecule has 6 heteroatoms. The second-order valence-corrected chi connectivity index (χ2v) is 9.08. The second kappa shape index (κ2) is 8.09. The van der Waals surface area contributed by atoms with Gasteiger partial charge in [0.1, 0.15) is 6.04 Å². The number of halogens is 2. The zero-order valence-corrected chi connectivity index (χ0v) is 18.8. The predicted molar refractivity (Wildman–Crippen MR) is 129 cm³/mol. The lowest BCUT2D eigenvalue weighted by atomic mass is 9.69. The van der Waals surface area contributed by atoms with Crippen LogP contribution in [0.4, 0.5) is 5.69 Å². The Bertz CT molecular complexity index is 1340. The molecule has 1 fully saturated rings. The highest BCUT2D eigenvalue weighted by atomic mass is 35.5. The summed E-state index contributed by atoms with van der Waals surface area (Å²) in [5.74, 6) is -0.845. The summed E-state index contributed by atoms with van der Waals surface area (Å²) in [6.07, 6.45) is 3.72. The van der Waals surface area contributed by atoms with Gasteiger partial charge in [-0.15, -0.1) is 0 Å². The number of hydrogen-bond acceptors (Lipinski definition) is 4. The summed E-state index contributed by atoms with van der Waals surface area (Å²) in [4.78, 5) is 16.0. The van der Waals surface area contributed by atoms with E-state index in [-0.39, 0.29) is 5.78 Å². The third-order valence-electron chi connectivity index (χ3n) is 6.52. The van der Waals surface area contributed by atoms with Crippen molar-refractivity contribution >= 4 is 40.7 Å². The number of hydrogen-bond donors (Lipinski definition) is 0. The molecule has 4 nitrogen and oxygen atoms in total. The molecule has 0 saturated carbocycles. The van der Waals surface area contributed by atoms with E-state index in [1.807, 2.05) is 59.5 Å². The van der Waals surface area contributed by atoms with Gasteiger partial charge in [0.25, 0.3) is 0 Å². The lowest BCUT2D eigenvalue weighted by Gasteiger charge is -2.35. The number of ketones is 1. The van der Waals surface area contributed by atoms with Crippen LogP contribution in [0.25, 0.3) is 6.08 Å². The molecule has 0 unspecified atom stereocenters. The topological polar surface area (TPSA) is 67.9 Å². The van der Waals surface area contributed by atoms with Gasteiger partial charge < -0.3 is 4.90 Å². The molecule has 3 atom stereocenters. The highest BCUT2D eigenvalue weighted by molar-refractivity contribution is 6.31. The van der Waals surface area contributed by atoms with E-state index in [2.05, 4.69) is 12.1 Å². The van der Waals surface area contributed by atoms with Crippen LogP contribution < -0.4 is 4.90 Å². The van der Waals surface area contributed by atoms with Crippen molar-refractivity contribution in [3.63, 3.8) is 0 Å². The number of anilines is 1. The minimum absolute atomic E-state index is 0.172. The zero-order chi connectivity index (χ0) is 23.2. The average Bonchev–Trinajstić information content (AvgIpc) is 3.15. The van der Waals surface area contributed by atoms with E-state index >= 15 is 0 Å². The van der Waals surface area contributed by atoms with Crippen LogP contribution in [0.3, 0.4) is 0 Å². The predicted octanol–water partition coefficient (Wildman–Crippen LogP) is 6.28. The normalized spacial score (nSPS) is 22.1. The Morgan fingerprint density at radius 2 is 1.58 bits per heavy atom. The lowest BCUT2D eigenvalue weighted by Crippen LogP contribution is -2.44. The molecule has 2 heterocycles. The van der Waals surface area contributed by atoms with E-state index < -0.39 is 23.4 Å². The molecule has 1 saturated heterocycles. The maximum absolute atomic E-state index is 14.0. The van der Waals surface area contributed by atoms with Gasteiger partial charge in [0.15, 0.2) is 11.2 Å². The fourth-order valence-corrected chi connectivity index (χ4v) is 5.39. The smallest absolute Gasteiger partial charge is 0.185 e. The van der Waals surface area contributed by atoms with Crippen LogP contribution in [0, 0.1) is 28.1 Å². The third-order valence-corrected chi connectivity index (χ3v) is 7.01. The Morgan fingerprint density at radius 3 is 2.24 bits per heavy atom. The second-order valence-electron chi connectivity index (χ2n) is 8.21. The minimum Gasteiger partial charge on any atom is -0.351 e. The van der Waals surface area contributed by atoms with E-state index in [1.165, 1.54) is 0 Å². The molecule has 2 aliphatic heterocycles. The van der Waals surface area contributed by atoms with Crippen molar-refractivity contribution in [2.45, 2.75) is 18.0 Å². The van der Waals surface area contributed by atoms with Gasteiger partial charge in [-0.25, -0.2) is 0 Å². The molecule has 3 aromatic carbocycles. The fraction of sp³-hybridized carbons (Fsp3) is 0.148. The van der Waals surface area contributed by atoms with Gasteiger partial charge in [0.05, 0.1) is 18.2 Å². The molecule has 0 bridgehead atoms. The van der Waals surface area contributed by atoms with Crippen molar-refractivity contribution in [2.24, 2.45) is 5.41 Å². The molecular weight excluding hydrogens is 453 g/mol. The van der Waals surface area contributed by atoms with Gasteiger partial charge in [-0.1, -0.05) is 65.7 Å². The molecule has 0 radical (unpaired) electrons.